The number of benzene rings is 1. The van der Waals surface area contributed by atoms with Gasteiger partial charge in [-0.3, -0.25) is 0 Å². The lowest BCUT2D eigenvalue weighted by Gasteiger charge is -2.25. The molecule has 0 radical (unpaired) electrons. The first-order valence-corrected chi connectivity index (χ1v) is 6.41. The normalized spacial score (nSPS) is 13.4. The molecule has 3 nitrogen and oxygen atoms in total. The Kier molecular flexibility index (Phi) is 5.45. The molecule has 18 heavy (non-hydrogen) atoms. The second kappa shape index (κ2) is 6.41. The van der Waals surface area contributed by atoms with Crippen LogP contribution in [0.2, 0.25) is 5.02 Å². The summed E-state index contributed by atoms with van der Waals surface area (Å²) in [6, 6.07) is 5.47. The van der Waals surface area contributed by atoms with Crippen LogP contribution in [0.3, 0.4) is 0 Å². The van der Waals surface area contributed by atoms with Gasteiger partial charge in [0.05, 0.1) is 12.7 Å². The first-order valence-electron chi connectivity index (χ1n) is 6.04. The van der Waals surface area contributed by atoms with Crippen molar-refractivity contribution in [2.75, 3.05) is 14.2 Å². The summed E-state index contributed by atoms with van der Waals surface area (Å²) >= 11 is 5.93. The fourth-order valence-corrected chi connectivity index (χ4v) is 1.91. The molecule has 0 aliphatic rings. The zero-order chi connectivity index (χ0) is 13.8. The quantitative estimate of drug-likeness (QED) is 0.860. The fraction of sp³-hybridized carbons (Fsp3) is 0.571. The molecule has 1 aromatic rings. The molecular formula is C14H22ClNO2. The molecule has 1 rings (SSSR count). The molecule has 0 aliphatic heterocycles. The maximum atomic E-state index is 6.20. The van der Waals surface area contributed by atoms with Crippen LogP contribution in [0.15, 0.2) is 18.2 Å². The number of ether oxygens (including phenoxy) is 2. The van der Waals surface area contributed by atoms with Crippen LogP contribution in [0.4, 0.5) is 0 Å². The summed E-state index contributed by atoms with van der Waals surface area (Å²) in [7, 11) is 3.34. The van der Waals surface area contributed by atoms with Gasteiger partial charge in [-0.15, -0.1) is 0 Å². The number of halogens is 1. The first kappa shape index (κ1) is 15.3. The summed E-state index contributed by atoms with van der Waals surface area (Å²) in [6.07, 6.45) is 1.72. The number of rotatable bonds is 6. The summed E-state index contributed by atoms with van der Waals surface area (Å²) in [5.41, 5.74) is 7.03. The highest BCUT2D eigenvalue weighted by Gasteiger charge is 2.20. The van der Waals surface area contributed by atoms with Crippen molar-refractivity contribution in [2.24, 2.45) is 5.73 Å². The number of methoxy groups -OCH3 is 2. The van der Waals surface area contributed by atoms with Crippen molar-refractivity contribution in [3.05, 3.63) is 28.8 Å². The minimum atomic E-state index is -0.155. The van der Waals surface area contributed by atoms with E-state index in [-0.39, 0.29) is 11.6 Å². The molecule has 0 heterocycles. The van der Waals surface area contributed by atoms with Crippen LogP contribution in [-0.2, 0) is 4.74 Å². The SMILES string of the molecule is COc1cc(Cl)ccc1C(N)CCC(C)(C)OC. The molecule has 1 aromatic carbocycles. The number of hydrogen-bond acceptors (Lipinski definition) is 3. The Morgan fingerprint density at radius 3 is 2.56 bits per heavy atom. The van der Waals surface area contributed by atoms with Crippen LogP contribution in [0.5, 0.6) is 5.75 Å². The van der Waals surface area contributed by atoms with E-state index >= 15 is 0 Å². The van der Waals surface area contributed by atoms with E-state index in [0.717, 1.165) is 24.2 Å². The van der Waals surface area contributed by atoms with Gasteiger partial charge >= 0.3 is 0 Å². The molecule has 0 fully saturated rings. The molecule has 0 saturated heterocycles. The molecule has 0 saturated carbocycles. The van der Waals surface area contributed by atoms with Crippen LogP contribution < -0.4 is 10.5 Å². The second-order valence-electron chi connectivity index (χ2n) is 5.00. The Balaban J connectivity index is 2.75. The van der Waals surface area contributed by atoms with E-state index in [0.29, 0.717) is 5.02 Å². The van der Waals surface area contributed by atoms with Gasteiger partial charge in [0.1, 0.15) is 5.75 Å². The van der Waals surface area contributed by atoms with E-state index in [1.54, 1.807) is 20.3 Å². The molecule has 0 aliphatic carbocycles. The van der Waals surface area contributed by atoms with E-state index in [2.05, 4.69) is 13.8 Å². The molecule has 102 valence electrons. The third kappa shape index (κ3) is 4.16. The van der Waals surface area contributed by atoms with Gasteiger partial charge < -0.3 is 15.2 Å². The summed E-state index contributed by atoms with van der Waals surface area (Å²) in [6.45, 7) is 4.11. The lowest BCUT2D eigenvalue weighted by Crippen LogP contribution is -2.24. The number of hydrogen-bond donors (Lipinski definition) is 1. The minimum absolute atomic E-state index is 0.0772. The minimum Gasteiger partial charge on any atom is -0.496 e. The molecule has 0 spiro atoms. The average molecular weight is 272 g/mol. The van der Waals surface area contributed by atoms with Gasteiger partial charge in [-0.25, -0.2) is 0 Å². The molecule has 0 amide bonds. The van der Waals surface area contributed by atoms with Crippen molar-refractivity contribution in [3.8, 4) is 5.75 Å². The Bertz CT molecular complexity index is 393. The zero-order valence-electron chi connectivity index (χ0n) is 11.5. The van der Waals surface area contributed by atoms with Crippen LogP contribution in [0, 0.1) is 0 Å². The van der Waals surface area contributed by atoms with Crippen LogP contribution >= 0.6 is 11.6 Å². The van der Waals surface area contributed by atoms with Gasteiger partial charge in [-0.05, 0) is 38.8 Å². The molecule has 1 atom stereocenters. The third-order valence-electron chi connectivity index (χ3n) is 3.20. The van der Waals surface area contributed by atoms with Gasteiger partial charge in [0.2, 0.25) is 0 Å². The Morgan fingerprint density at radius 2 is 2.00 bits per heavy atom. The molecule has 0 aromatic heterocycles. The number of nitrogens with two attached hydrogens (primary N) is 1. The van der Waals surface area contributed by atoms with Gasteiger partial charge in [0.25, 0.3) is 0 Å². The van der Waals surface area contributed by atoms with Crippen molar-refractivity contribution < 1.29 is 9.47 Å². The van der Waals surface area contributed by atoms with Crippen LogP contribution in [0.25, 0.3) is 0 Å². The predicted molar refractivity (Wildman–Crippen MR) is 75.3 cm³/mol. The van der Waals surface area contributed by atoms with Gasteiger partial charge in [0, 0.05) is 23.7 Å². The average Bonchev–Trinajstić information content (AvgIpc) is 2.36. The molecule has 2 N–H and O–H groups in total. The maximum Gasteiger partial charge on any atom is 0.125 e. The van der Waals surface area contributed by atoms with Gasteiger partial charge in [-0.2, -0.15) is 0 Å². The van der Waals surface area contributed by atoms with Crippen molar-refractivity contribution in [1.82, 2.24) is 0 Å². The van der Waals surface area contributed by atoms with Gasteiger partial charge in [0.15, 0.2) is 0 Å². The molecule has 4 heteroatoms. The Hall–Kier alpha value is -0.770. The topological polar surface area (TPSA) is 44.5 Å². The second-order valence-corrected chi connectivity index (χ2v) is 5.43. The molecule has 0 bridgehead atoms. The predicted octanol–water partition coefficient (Wildman–Crippen LogP) is 3.55. The largest absolute Gasteiger partial charge is 0.496 e. The highest BCUT2D eigenvalue weighted by Crippen LogP contribution is 2.31. The maximum absolute atomic E-state index is 6.20. The van der Waals surface area contributed by atoms with Gasteiger partial charge in [-0.1, -0.05) is 17.7 Å². The van der Waals surface area contributed by atoms with Crippen molar-refractivity contribution >= 4 is 11.6 Å². The van der Waals surface area contributed by atoms with E-state index in [4.69, 9.17) is 26.8 Å². The van der Waals surface area contributed by atoms with Crippen molar-refractivity contribution in [2.45, 2.75) is 38.3 Å². The summed E-state index contributed by atoms with van der Waals surface area (Å²) in [5, 5.41) is 0.653. The van der Waals surface area contributed by atoms with E-state index in [1.807, 2.05) is 12.1 Å². The summed E-state index contributed by atoms with van der Waals surface area (Å²) in [5.74, 6) is 0.741. The highest BCUT2D eigenvalue weighted by atomic mass is 35.5. The monoisotopic (exact) mass is 271 g/mol. The van der Waals surface area contributed by atoms with Crippen molar-refractivity contribution in [3.63, 3.8) is 0 Å². The lowest BCUT2D eigenvalue weighted by atomic mass is 9.95. The van der Waals surface area contributed by atoms with E-state index in [1.165, 1.54) is 0 Å². The summed E-state index contributed by atoms with van der Waals surface area (Å²) in [4.78, 5) is 0. The smallest absolute Gasteiger partial charge is 0.125 e. The Morgan fingerprint density at radius 1 is 1.33 bits per heavy atom. The lowest BCUT2D eigenvalue weighted by molar-refractivity contribution is 0.0124. The first-order chi connectivity index (χ1) is 8.39. The Labute approximate surface area is 114 Å². The third-order valence-corrected chi connectivity index (χ3v) is 3.44. The molecular weight excluding hydrogens is 250 g/mol. The zero-order valence-corrected chi connectivity index (χ0v) is 12.3. The highest BCUT2D eigenvalue weighted by molar-refractivity contribution is 6.30. The van der Waals surface area contributed by atoms with E-state index in [9.17, 15) is 0 Å². The van der Waals surface area contributed by atoms with E-state index < -0.39 is 0 Å². The van der Waals surface area contributed by atoms with Crippen molar-refractivity contribution in [1.29, 1.82) is 0 Å². The van der Waals surface area contributed by atoms with Crippen LogP contribution in [-0.4, -0.2) is 19.8 Å². The fourth-order valence-electron chi connectivity index (χ4n) is 1.75. The standard InChI is InChI=1S/C14H22ClNO2/c1-14(2,18-4)8-7-12(16)11-6-5-10(15)9-13(11)17-3/h5-6,9,12H,7-8,16H2,1-4H3. The summed E-state index contributed by atoms with van der Waals surface area (Å²) < 4.78 is 10.7. The molecule has 1 unspecified atom stereocenters. The van der Waals surface area contributed by atoms with Crippen LogP contribution in [0.1, 0.15) is 38.3 Å².